The van der Waals surface area contributed by atoms with Crippen molar-refractivity contribution in [3.8, 4) is 0 Å². The van der Waals surface area contributed by atoms with Crippen molar-refractivity contribution < 1.29 is 9.53 Å². The number of hydrogen-bond donors (Lipinski definition) is 1. The van der Waals surface area contributed by atoms with Crippen molar-refractivity contribution in [2.75, 3.05) is 6.61 Å². The molecule has 3 rings (SSSR count). The highest BCUT2D eigenvalue weighted by Gasteiger charge is 2.19. The molecule has 1 aromatic carbocycles. The van der Waals surface area contributed by atoms with Gasteiger partial charge < -0.3 is 4.74 Å². The molecule has 0 saturated heterocycles. The van der Waals surface area contributed by atoms with Gasteiger partial charge in [0, 0.05) is 5.39 Å². The summed E-state index contributed by atoms with van der Waals surface area (Å²) < 4.78 is 5.39. The largest absolute Gasteiger partial charge is 0.461 e. The number of hydrogen-bond acceptors (Lipinski definition) is 4. The second kappa shape index (κ2) is 6.08. The molecule has 5 nitrogen and oxygen atoms in total. The topological polar surface area (TPSA) is 72.0 Å². The van der Waals surface area contributed by atoms with Gasteiger partial charge in [0.1, 0.15) is 0 Å². The number of carbonyl (C=O) groups excluding carboxylic acids is 1. The van der Waals surface area contributed by atoms with Crippen LogP contribution in [0.2, 0.25) is 0 Å². The van der Waals surface area contributed by atoms with E-state index in [4.69, 9.17) is 4.74 Å². The smallest absolute Gasteiger partial charge is 0.359 e. The molecule has 110 valence electrons. The third-order valence-corrected chi connectivity index (χ3v) is 4.06. The average molecular weight is 286 g/mol. The summed E-state index contributed by atoms with van der Waals surface area (Å²) in [6.45, 7) is 0.438. The Kier molecular flexibility index (Phi) is 3.99. The van der Waals surface area contributed by atoms with Crippen LogP contribution in [0.15, 0.2) is 29.1 Å². The maximum atomic E-state index is 12.2. The van der Waals surface area contributed by atoms with Crippen LogP contribution < -0.4 is 5.56 Å². The molecule has 0 bridgehead atoms. The molecule has 0 unspecified atom stereocenters. The molecule has 1 aromatic heterocycles. The number of ether oxygens (including phenoxy) is 1. The third kappa shape index (κ3) is 2.96. The van der Waals surface area contributed by atoms with E-state index in [1.54, 1.807) is 24.3 Å². The molecule has 1 saturated carbocycles. The first-order chi connectivity index (χ1) is 10.3. The molecule has 5 heteroatoms. The quantitative estimate of drug-likeness (QED) is 0.880. The molecular weight excluding hydrogens is 268 g/mol. The number of fused-ring (bicyclic) bond motifs is 1. The fourth-order valence-electron chi connectivity index (χ4n) is 2.89. The monoisotopic (exact) mass is 286 g/mol. The van der Waals surface area contributed by atoms with Gasteiger partial charge in [0.2, 0.25) is 0 Å². The highest BCUT2D eigenvalue weighted by atomic mass is 16.5. The SMILES string of the molecule is O=C(OCC1CCCCC1)c1n[nH]c(=O)c2ccccc12. The molecular formula is C16H18N2O3. The molecule has 21 heavy (non-hydrogen) atoms. The zero-order valence-corrected chi connectivity index (χ0v) is 11.8. The number of H-pyrrole nitrogens is 1. The first-order valence-corrected chi connectivity index (χ1v) is 7.40. The van der Waals surface area contributed by atoms with Crippen molar-refractivity contribution in [2.45, 2.75) is 32.1 Å². The van der Waals surface area contributed by atoms with Gasteiger partial charge >= 0.3 is 5.97 Å². The molecule has 0 aliphatic heterocycles. The van der Waals surface area contributed by atoms with E-state index in [1.165, 1.54) is 19.3 Å². The van der Waals surface area contributed by atoms with E-state index in [9.17, 15) is 9.59 Å². The molecule has 0 spiro atoms. The summed E-state index contributed by atoms with van der Waals surface area (Å²) >= 11 is 0. The second-order valence-electron chi connectivity index (χ2n) is 5.55. The number of nitrogens with one attached hydrogen (secondary N) is 1. The number of aromatic nitrogens is 2. The Hall–Kier alpha value is -2.17. The number of nitrogens with zero attached hydrogens (tertiary/aromatic N) is 1. The van der Waals surface area contributed by atoms with E-state index in [2.05, 4.69) is 10.2 Å². The summed E-state index contributed by atoms with van der Waals surface area (Å²) in [6, 6.07) is 6.93. The van der Waals surface area contributed by atoms with Crippen LogP contribution in [-0.2, 0) is 4.74 Å². The maximum Gasteiger partial charge on any atom is 0.359 e. The maximum absolute atomic E-state index is 12.2. The zero-order chi connectivity index (χ0) is 14.7. The minimum absolute atomic E-state index is 0.181. The van der Waals surface area contributed by atoms with E-state index in [1.807, 2.05) is 0 Å². The van der Waals surface area contributed by atoms with E-state index in [-0.39, 0.29) is 11.3 Å². The predicted molar refractivity (Wildman–Crippen MR) is 79.2 cm³/mol. The molecule has 1 aliphatic carbocycles. The molecule has 0 radical (unpaired) electrons. The van der Waals surface area contributed by atoms with Crippen molar-refractivity contribution in [1.82, 2.24) is 10.2 Å². The van der Waals surface area contributed by atoms with Gasteiger partial charge in [0.15, 0.2) is 5.69 Å². The lowest BCUT2D eigenvalue weighted by Gasteiger charge is -2.20. The van der Waals surface area contributed by atoms with Crippen LogP contribution in [0.3, 0.4) is 0 Å². The molecule has 1 aliphatic rings. The molecule has 0 atom stereocenters. The molecule has 2 aromatic rings. The summed E-state index contributed by atoms with van der Waals surface area (Å²) in [5.74, 6) is -0.00949. The normalized spacial score (nSPS) is 16.0. The fraction of sp³-hybridized carbons (Fsp3) is 0.438. The second-order valence-corrected chi connectivity index (χ2v) is 5.55. The van der Waals surface area contributed by atoms with Gasteiger partial charge in [0.05, 0.1) is 12.0 Å². The Morgan fingerprint density at radius 3 is 2.67 bits per heavy atom. The van der Waals surface area contributed by atoms with Crippen LogP contribution >= 0.6 is 0 Å². The molecule has 0 amide bonds. The Balaban J connectivity index is 1.78. The first-order valence-electron chi connectivity index (χ1n) is 7.40. The van der Waals surface area contributed by atoms with Gasteiger partial charge in [-0.3, -0.25) is 4.79 Å². The summed E-state index contributed by atoms with van der Waals surface area (Å²) in [6.07, 6.45) is 5.93. The minimum Gasteiger partial charge on any atom is -0.461 e. The van der Waals surface area contributed by atoms with Crippen molar-refractivity contribution in [1.29, 1.82) is 0 Å². The van der Waals surface area contributed by atoms with Gasteiger partial charge in [-0.2, -0.15) is 5.10 Å². The van der Waals surface area contributed by atoms with Gasteiger partial charge in [-0.15, -0.1) is 0 Å². The van der Waals surface area contributed by atoms with E-state index >= 15 is 0 Å². The van der Waals surface area contributed by atoms with E-state index < -0.39 is 5.97 Å². The van der Waals surface area contributed by atoms with Crippen LogP contribution in [-0.4, -0.2) is 22.8 Å². The summed E-state index contributed by atoms with van der Waals surface area (Å²) in [5, 5.41) is 7.21. The Labute approximate surface area is 122 Å². The van der Waals surface area contributed by atoms with Crippen molar-refractivity contribution in [3.63, 3.8) is 0 Å². The zero-order valence-electron chi connectivity index (χ0n) is 11.8. The Bertz CT molecular complexity index is 702. The minimum atomic E-state index is -0.465. The molecule has 1 fully saturated rings. The standard InChI is InChI=1S/C16H18N2O3/c19-15-13-9-5-4-8-12(13)14(17-18-15)16(20)21-10-11-6-2-1-3-7-11/h4-5,8-9,11H,1-3,6-7,10H2,(H,18,19). The molecule has 1 N–H and O–H groups in total. The van der Waals surface area contributed by atoms with Crippen molar-refractivity contribution in [3.05, 3.63) is 40.3 Å². The van der Waals surface area contributed by atoms with E-state index in [0.29, 0.717) is 23.3 Å². The first kappa shape index (κ1) is 13.8. The summed E-state index contributed by atoms with van der Waals surface area (Å²) in [5.41, 5.74) is -0.115. The summed E-state index contributed by atoms with van der Waals surface area (Å²) in [4.78, 5) is 23.9. The molecule has 1 heterocycles. The number of esters is 1. The lowest BCUT2D eigenvalue weighted by molar-refractivity contribution is 0.0404. The lowest BCUT2D eigenvalue weighted by Crippen LogP contribution is -2.20. The predicted octanol–water partition coefficient (Wildman–Crippen LogP) is 2.66. The number of benzene rings is 1. The third-order valence-electron chi connectivity index (χ3n) is 4.06. The average Bonchev–Trinajstić information content (AvgIpc) is 2.54. The highest BCUT2D eigenvalue weighted by Crippen LogP contribution is 2.24. The van der Waals surface area contributed by atoms with Gasteiger partial charge in [-0.25, -0.2) is 9.89 Å². The van der Waals surface area contributed by atoms with E-state index in [0.717, 1.165) is 12.8 Å². The Morgan fingerprint density at radius 1 is 1.19 bits per heavy atom. The number of carbonyl (C=O) groups is 1. The van der Waals surface area contributed by atoms with Gasteiger partial charge in [0.25, 0.3) is 5.56 Å². The van der Waals surface area contributed by atoms with Crippen LogP contribution in [0, 0.1) is 5.92 Å². The fourth-order valence-corrected chi connectivity index (χ4v) is 2.89. The van der Waals surface area contributed by atoms with Gasteiger partial charge in [-0.05, 0) is 24.8 Å². The number of aromatic amines is 1. The number of rotatable bonds is 3. The van der Waals surface area contributed by atoms with Crippen molar-refractivity contribution >= 4 is 16.7 Å². The summed E-state index contributed by atoms with van der Waals surface area (Å²) in [7, 11) is 0. The van der Waals surface area contributed by atoms with Crippen molar-refractivity contribution in [2.24, 2.45) is 5.92 Å². The highest BCUT2D eigenvalue weighted by molar-refractivity contribution is 6.01. The van der Waals surface area contributed by atoms with Gasteiger partial charge in [-0.1, -0.05) is 37.5 Å². The Morgan fingerprint density at radius 2 is 1.90 bits per heavy atom. The van der Waals surface area contributed by atoms with Crippen LogP contribution in [0.4, 0.5) is 0 Å². The van der Waals surface area contributed by atoms with Crippen LogP contribution in [0.5, 0.6) is 0 Å². The van der Waals surface area contributed by atoms with Crippen LogP contribution in [0.25, 0.3) is 10.8 Å². The lowest BCUT2D eigenvalue weighted by atomic mass is 9.90. The van der Waals surface area contributed by atoms with Crippen LogP contribution in [0.1, 0.15) is 42.6 Å².